The van der Waals surface area contributed by atoms with Crippen LogP contribution in [0.15, 0.2) is 24.3 Å². The van der Waals surface area contributed by atoms with Crippen molar-refractivity contribution >= 4 is 11.8 Å². The Morgan fingerprint density at radius 2 is 2.00 bits per heavy atom. The first kappa shape index (κ1) is 17.9. The maximum absolute atomic E-state index is 12.9. The molecular weight excluding hydrogens is 314 g/mol. The van der Waals surface area contributed by atoms with Gasteiger partial charge in [0.2, 0.25) is 11.8 Å². The van der Waals surface area contributed by atoms with Crippen LogP contribution in [0.3, 0.4) is 0 Å². The van der Waals surface area contributed by atoms with Gasteiger partial charge in [0, 0.05) is 32.6 Å². The van der Waals surface area contributed by atoms with Gasteiger partial charge in [-0.2, -0.15) is 0 Å². The molecule has 1 N–H and O–H groups in total. The number of benzene rings is 1. The van der Waals surface area contributed by atoms with E-state index in [1.165, 1.54) is 12.0 Å². The monoisotopic (exact) mass is 343 g/mol. The quantitative estimate of drug-likeness (QED) is 0.887. The normalized spacial score (nSPS) is 24.0. The standard InChI is InChI=1S/C20H29N3O2/c1-15-5-7-16(8-6-15)12-23-14-18(10-19(23)24)20(25)22-9-3-4-17(13-22)11-21-2/h5-8,17-18,21H,3-4,9-14H2,1-2H3. The smallest absolute Gasteiger partial charge is 0.228 e. The number of piperidine rings is 1. The highest BCUT2D eigenvalue weighted by atomic mass is 16.2. The molecule has 5 nitrogen and oxygen atoms in total. The minimum absolute atomic E-state index is 0.0997. The van der Waals surface area contributed by atoms with Crippen molar-refractivity contribution in [3.8, 4) is 0 Å². The summed E-state index contributed by atoms with van der Waals surface area (Å²) in [7, 11) is 1.96. The summed E-state index contributed by atoms with van der Waals surface area (Å²) < 4.78 is 0. The number of carbonyl (C=O) groups is 2. The Morgan fingerprint density at radius 1 is 1.24 bits per heavy atom. The van der Waals surface area contributed by atoms with Gasteiger partial charge in [-0.05, 0) is 44.8 Å². The molecule has 2 amide bonds. The van der Waals surface area contributed by atoms with E-state index in [-0.39, 0.29) is 17.7 Å². The van der Waals surface area contributed by atoms with Gasteiger partial charge < -0.3 is 15.1 Å². The Hall–Kier alpha value is -1.88. The van der Waals surface area contributed by atoms with Crippen molar-refractivity contribution in [2.45, 2.75) is 32.7 Å². The molecule has 2 unspecified atom stereocenters. The lowest BCUT2D eigenvalue weighted by molar-refractivity contribution is -0.137. The van der Waals surface area contributed by atoms with Gasteiger partial charge in [-0.1, -0.05) is 29.8 Å². The Labute approximate surface area is 150 Å². The lowest BCUT2D eigenvalue weighted by atomic mass is 9.96. The number of nitrogens with zero attached hydrogens (tertiary/aromatic N) is 2. The topological polar surface area (TPSA) is 52.7 Å². The van der Waals surface area contributed by atoms with Gasteiger partial charge in [0.1, 0.15) is 0 Å². The van der Waals surface area contributed by atoms with E-state index < -0.39 is 0 Å². The lowest BCUT2D eigenvalue weighted by Crippen LogP contribution is -2.45. The van der Waals surface area contributed by atoms with Gasteiger partial charge in [-0.15, -0.1) is 0 Å². The number of hydrogen-bond acceptors (Lipinski definition) is 3. The van der Waals surface area contributed by atoms with E-state index >= 15 is 0 Å². The number of likely N-dealkylation sites (tertiary alicyclic amines) is 2. The highest BCUT2D eigenvalue weighted by molar-refractivity contribution is 5.89. The van der Waals surface area contributed by atoms with Gasteiger partial charge in [-0.3, -0.25) is 9.59 Å². The summed E-state index contributed by atoms with van der Waals surface area (Å²) in [5.41, 5.74) is 2.34. The first-order valence-corrected chi connectivity index (χ1v) is 9.33. The summed E-state index contributed by atoms with van der Waals surface area (Å²) >= 11 is 0. The maximum Gasteiger partial charge on any atom is 0.228 e. The molecular formula is C20H29N3O2. The second kappa shape index (κ2) is 8.00. The van der Waals surface area contributed by atoms with Crippen molar-refractivity contribution in [3.05, 3.63) is 35.4 Å². The highest BCUT2D eigenvalue weighted by Crippen LogP contribution is 2.25. The third-order valence-corrected chi connectivity index (χ3v) is 5.38. The van der Waals surface area contributed by atoms with Crippen LogP contribution in [0.5, 0.6) is 0 Å². The fraction of sp³-hybridized carbons (Fsp3) is 0.600. The zero-order chi connectivity index (χ0) is 17.8. The molecule has 0 saturated carbocycles. The molecule has 2 fully saturated rings. The molecule has 25 heavy (non-hydrogen) atoms. The SMILES string of the molecule is CNCC1CCCN(C(=O)C2CC(=O)N(Cc3ccc(C)cc3)C2)C1. The number of hydrogen-bond donors (Lipinski definition) is 1. The number of rotatable bonds is 5. The van der Waals surface area contributed by atoms with Crippen LogP contribution in [-0.4, -0.2) is 54.8 Å². The zero-order valence-corrected chi connectivity index (χ0v) is 15.3. The maximum atomic E-state index is 12.9. The van der Waals surface area contributed by atoms with Crippen LogP contribution < -0.4 is 5.32 Å². The third-order valence-electron chi connectivity index (χ3n) is 5.38. The predicted octanol–water partition coefficient (Wildman–Crippen LogP) is 1.80. The molecule has 5 heteroatoms. The Balaban J connectivity index is 1.57. The number of amides is 2. The average molecular weight is 343 g/mol. The van der Waals surface area contributed by atoms with E-state index in [0.717, 1.165) is 31.6 Å². The highest BCUT2D eigenvalue weighted by Gasteiger charge is 2.37. The van der Waals surface area contributed by atoms with Crippen LogP contribution in [0.25, 0.3) is 0 Å². The van der Waals surface area contributed by atoms with Crippen LogP contribution in [0.2, 0.25) is 0 Å². The predicted molar refractivity (Wildman–Crippen MR) is 97.9 cm³/mol. The Kier molecular flexibility index (Phi) is 5.74. The molecule has 2 aliphatic heterocycles. The van der Waals surface area contributed by atoms with E-state index in [9.17, 15) is 9.59 Å². The van der Waals surface area contributed by atoms with Crippen molar-refractivity contribution in [3.63, 3.8) is 0 Å². The van der Waals surface area contributed by atoms with Gasteiger partial charge in [0.05, 0.1) is 5.92 Å². The molecule has 2 atom stereocenters. The number of aryl methyl sites for hydroxylation is 1. The molecule has 3 rings (SSSR count). The van der Waals surface area contributed by atoms with Crippen molar-refractivity contribution in [2.75, 3.05) is 33.2 Å². The van der Waals surface area contributed by atoms with Crippen molar-refractivity contribution in [1.29, 1.82) is 0 Å². The summed E-state index contributed by atoms with van der Waals surface area (Å²) in [6.07, 6.45) is 2.59. The Morgan fingerprint density at radius 3 is 2.72 bits per heavy atom. The van der Waals surface area contributed by atoms with Gasteiger partial charge in [0.25, 0.3) is 0 Å². The Bertz CT molecular complexity index is 612. The van der Waals surface area contributed by atoms with Crippen LogP contribution in [0.4, 0.5) is 0 Å². The van der Waals surface area contributed by atoms with E-state index in [4.69, 9.17) is 0 Å². The van der Waals surface area contributed by atoms with E-state index in [1.54, 1.807) is 0 Å². The van der Waals surface area contributed by atoms with Crippen LogP contribution in [0, 0.1) is 18.8 Å². The minimum atomic E-state index is -0.175. The third kappa shape index (κ3) is 4.40. The molecule has 2 aliphatic rings. The molecule has 0 bridgehead atoms. The van der Waals surface area contributed by atoms with Crippen molar-refractivity contribution < 1.29 is 9.59 Å². The number of carbonyl (C=O) groups excluding carboxylic acids is 2. The second-order valence-corrected chi connectivity index (χ2v) is 7.51. The summed E-state index contributed by atoms with van der Waals surface area (Å²) in [6, 6.07) is 8.25. The average Bonchev–Trinajstić information content (AvgIpc) is 2.97. The molecule has 2 heterocycles. The molecule has 0 aliphatic carbocycles. The lowest BCUT2D eigenvalue weighted by Gasteiger charge is -2.34. The molecule has 1 aromatic rings. The van der Waals surface area contributed by atoms with Crippen molar-refractivity contribution in [2.24, 2.45) is 11.8 Å². The molecule has 0 spiro atoms. The summed E-state index contributed by atoms with van der Waals surface area (Å²) in [4.78, 5) is 29.0. The molecule has 1 aromatic carbocycles. The summed E-state index contributed by atoms with van der Waals surface area (Å²) in [5.74, 6) is 0.623. The summed E-state index contributed by atoms with van der Waals surface area (Å²) in [6.45, 7) is 5.82. The molecule has 2 saturated heterocycles. The van der Waals surface area contributed by atoms with E-state index in [2.05, 4.69) is 36.5 Å². The number of nitrogens with one attached hydrogen (secondary N) is 1. The molecule has 136 valence electrons. The van der Waals surface area contributed by atoms with Crippen molar-refractivity contribution in [1.82, 2.24) is 15.1 Å². The van der Waals surface area contributed by atoms with E-state index in [1.807, 2.05) is 16.8 Å². The van der Waals surface area contributed by atoms with Gasteiger partial charge >= 0.3 is 0 Å². The molecule has 0 radical (unpaired) electrons. The minimum Gasteiger partial charge on any atom is -0.342 e. The fourth-order valence-electron chi connectivity index (χ4n) is 3.98. The largest absolute Gasteiger partial charge is 0.342 e. The van der Waals surface area contributed by atoms with Crippen LogP contribution >= 0.6 is 0 Å². The van der Waals surface area contributed by atoms with Gasteiger partial charge in [0.15, 0.2) is 0 Å². The summed E-state index contributed by atoms with van der Waals surface area (Å²) in [5, 5.41) is 3.21. The zero-order valence-electron chi connectivity index (χ0n) is 15.3. The van der Waals surface area contributed by atoms with E-state index in [0.29, 0.717) is 25.4 Å². The first-order chi connectivity index (χ1) is 12.1. The fourth-order valence-corrected chi connectivity index (χ4v) is 3.98. The second-order valence-electron chi connectivity index (χ2n) is 7.51. The first-order valence-electron chi connectivity index (χ1n) is 9.33. The molecule has 0 aromatic heterocycles. The van der Waals surface area contributed by atoms with Crippen LogP contribution in [0.1, 0.15) is 30.4 Å². The van der Waals surface area contributed by atoms with Crippen LogP contribution in [-0.2, 0) is 16.1 Å². The van der Waals surface area contributed by atoms with Gasteiger partial charge in [-0.25, -0.2) is 0 Å².